The van der Waals surface area contributed by atoms with Crippen molar-refractivity contribution >= 4 is 40.7 Å². The van der Waals surface area contributed by atoms with Gasteiger partial charge < -0.3 is 20.3 Å². The van der Waals surface area contributed by atoms with Crippen molar-refractivity contribution in [2.24, 2.45) is 11.7 Å². The fourth-order valence-electron chi connectivity index (χ4n) is 5.99. The zero-order valence-electron chi connectivity index (χ0n) is 22.8. The first kappa shape index (κ1) is 27.7. The SMILES string of the molecule is CC(=O)N(c1ccc(Cl)cc1)[C@@H]1C[C@H](C)N(C(=O)c2ccc(OC3CCC(C(N)=O)CC3)cc2)c2ccccc21. The third kappa shape index (κ3) is 5.70. The van der Waals surface area contributed by atoms with E-state index in [1.54, 1.807) is 36.1 Å². The van der Waals surface area contributed by atoms with Crippen LogP contribution >= 0.6 is 11.6 Å². The fourth-order valence-corrected chi connectivity index (χ4v) is 6.12. The minimum absolute atomic E-state index is 0.0351. The standard InChI is InChI=1S/C32H34ClN3O4/c1-20-19-30(36(21(2)37)25-13-11-24(33)12-14-25)28-5-3-4-6-29(28)35(20)32(39)23-9-17-27(18-10-23)40-26-15-7-22(8-16-26)31(34)38/h3-6,9-14,17-18,20,22,26,30H,7-8,15-16,19H2,1-2H3,(H2,34,38)/t20-,22?,26?,30+/m0/s1. The van der Waals surface area contributed by atoms with Crippen LogP contribution in [0.3, 0.4) is 0 Å². The van der Waals surface area contributed by atoms with Gasteiger partial charge in [0.05, 0.1) is 12.1 Å². The van der Waals surface area contributed by atoms with Crippen LogP contribution < -0.4 is 20.3 Å². The zero-order valence-corrected chi connectivity index (χ0v) is 23.5. The van der Waals surface area contributed by atoms with Crippen molar-refractivity contribution < 1.29 is 19.1 Å². The Balaban J connectivity index is 1.35. The van der Waals surface area contributed by atoms with Crippen LogP contribution in [-0.4, -0.2) is 29.9 Å². The number of ether oxygens (including phenoxy) is 1. The normalized spacial score (nSPS) is 22.2. The maximum absolute atomic E-state index is 13.8. The molecule has 7 nitrogen and oxygen atoms in total. The molecule has 0 radical (unpaired) electrons. The first-order valence-corrected chi connectivity index (χ1v) is 14.1. The fraction of sp³-hybridized carbons (Fsp3) is 0.344. The second-order valence-electron chi connectivity index (χ2n) is 10.7. The highest BCUT2D eigenvalue weighted by molar-refractivity contribution is 6.30. The second-order valence-corrected chi connectivity index (χ2v) is 11.2. The molecule has 1 aliphatic heterocycles. The largest absolute Gasteiger partial charge is 0.490 e. The number of nitrogens with zero attached hydrogens (tertiary/aromatic N) is 2. The molecule has 0 saturated heterocycles. The molecule has 1 saturated carbocycles. The molecule has 1 fully saturated rings. The van der Waals surface area contributed by atoms with E-state index in [1.165, 1.54) is 0 Å². The van der Waals surface area contributed by atoms with Crippen LogP contribution in [0.1, 0.15) is 67.9 Å². The predicted molar refractivity (Wildman–Crippen MR) is 157 cm³/mol. The minimum Gasteiger partial charge on any atom is -0.490 e. The number of amides is 3. The van der Waals surface area contributed by atoms with Crippen molar-refractivity contribution in [1.29, 1.82) is 0 Å². The van der Waals surface area contributed by atoms with Crippen LogP contribution in [-0.2, 0) is 9.59 Å². The number of carbonyl (C=O) groups is 3. The monoisotopic (exact) mass is 559 g/mol. The quantitative estimate of drug-likeness (QED) is 0.384. The third-order valence-electron chi connectivity index (χ3n) is 8.02. The maximum atomic E-state index is 13.8. The molecule has 3 aromatic rings. The topological polar surface area (TPSA) is 92.9 Å². The van der Waals surface area contributed by atoms with Gasteiger partial charge in [-0.2, -0.15) is 0 Å². The van der Waals surface area contributed by atoms with E-state index in [0.717, 1.165) is 42.6 Å². The number of para-hydroxylation sites is 1. The summed E-state index contributed by atoms with van der Waals surface area (Å²) in [6, 6.07) is 21.9. The van der Waals surface area contributed by atoms with Crippen LogP contribution in [0.2, 0.25) is 5.02 Å². The van der Waals surface area contributed by atoms with Gasteiger partial charge in [0.25, 0.3) is 5.91 Å². The van der Waals surface area contributed by atoms with E-state index in [1.807, 2.05) is 60.4 Å². The molecular formula is C32H34ClN3O4. The van der Waals surface area contributed by atoms with Gasteiger partial charge in [0.1, 0.15) is 5.75 Å². The molecule has 5 rings (SSSR count). The molecule has 0 aromatic heterocycles. The van der Waals surface area contributed by atoms with E-state index in [2.05, 4.69) is 0 Å². The summed E-state index contributed by atoms with van der Waals surface area (Å²) in [4.78, 5) is 41.8. The number of benzene rings is 3. The van der Waals surface area contributed by atoms with Crippen LogP contribution in [0, 0.1) is 5.92 Å². The summed E-state index contributed by atoms with van der Waals surface area (Å²) in [5.41, 5.74) is 8.48. The number of halogens is 1. The summed E-state index contributed by atoms with van der Waals surface area (Å²) < 4.78 is 6.13. The smallest absolute Gasteiger partial charge is 0.258 e. The highest BCUT2D eigenvalue weighted by Gasteiger charge is 2.38. The summed E-state index contributed by atoms with van der Waals surface area (Å²) in [5, 5.41) is 0.605. The Morgan fingerprint density at radius 1 is 0.925 bits per heavy atom. The number of fused-ring (bicyclic) bond motifs is 1. The lowest BCUT2D eigenvalue weighted by atomic mass is 9.87. The van der Waals surface area contributed by atoms with Gasteiger partial charge in [0, 0.05) is 40.8 Å². The van der Waals surface area contributed by atoms with E-state index in [-0.39, 0.29) is 41.8 Å². The molecule has 3 amide bonds. The molecule has 8 heteroatoms. The summed E-state index contributed by atoms with van der Waals surface area (Å²) in [5.74, 6) is 0.217. The van der Waals surface area contributed by atoms with Gasteiger partial charge >= 0.3 is 0 Å². The molecule has 0 spiro atoms. The molecular weight excluding hydrogens is 526 g/mol. The third-order valence-corrected chi connectivity index (χ3v) is 8.27. The zero-order chi connectivity index (χ0) is 28.4. The van der Waals surface area contributed by atoms with Gasteiger partial charge in [-0.05, 0) is 99.2 Å². The molecule has 2 N–H and O–H groups in total. The number of hydrogen-bond acceptors (Lipinski definition) is 4. The number of nitrogens with two attached hydrogens (primary N) is 1. The minimum atomic E-state index is -0.236. The van der Waals surface area contributed by atoms with Gasteiger partial charge in [0.2, 0.25) is 11.8 Å². The van der Waals surface area contributed by atoms with Crippen molar-refractivity contribution in [1.82, 2.24) is 0 Å². The Morgan fingerprint density at radius 3 is 2.20 bits per heavy atom. The Kier molecular flexibility index (Phi) is 8.12. The van der Waals surface area contributed by atoms with Crippen molar-refractivity contribution in [2.75, 3.05) is 9.80 Å². The maximum Gasteiger partial charge on any atom is 0.258 e. The molecule has 0 bridgehead atoms. The second kappa shape index (κ2) is 11.7. The molecule has 1 heterocycles. The number of primary amides is 1. The van der Waals surface area contributed by atoms with Gasteiger partial charge in [-0.1, -0.05) is 29.8 Å². The van der Waals surface area contributed by atoms with E-state index in [4.69, 9.17) is 22.1 Å². The average molecular weight is 560 g/mol. The van der Waals surface area contributed by atoms with Gasteiger partial charge in [-0.15, -0.1) is 0 Å². The summed E-state index contributed by atoms with van der Waals surface area (Å²) in [6.07, 6.45) is 3.66. The highest BCUT2D eigenvalue weighted by atomic mass is 35.5. The Hall–Kier alpha value is -3.84. The Labute approximate surface area is 239 Å². The number of rotatable bonds is 6. The van der Waals surface area contributed by atoms with Gasteiger partial charge in [0.15, 0.2) is 0 Å². The summed E-state index contributed by atoms with van der Waals surface area (Å²) in [6.45, 7) is 3.58. The molecule has 208 valence electrons. The molecule has 1 aliphatic carbocycles. The van der Waals surface area contributed by atoms with Crippen LogP contribution in [0.4, 0.5) is 11.4 Å². The molecule has 2 atom stereocenters. The van der Waals surface area contributed by atoms with Crippen molar-refractivity contribution in [3.63, 3.8) is 0 Å². The van der Waals surface area contributed by atoms with Crippen LogP contribution in [0.15, 0.2) is 72.8 Å². The van der Waals surface area contributed by atoms with E-state index < -0.39 is 0 Å². The first-order chi connectivity index (χ1) is 19.2. The number of hydrogen-bond donors (Lipinski definition) is 1. The van der Waals surface area contributed by atoms with Gasteiger partial charge in [-0.25, -0.2) is 0 Å². The van der Waals surface area contributed by atoms with E-state index in [9.17, 15) is 14.4 Å². The predicted octanol–water partition coefficient (Wildman–Crippen LogP) is 6.30. The van der Waals surface area contributed by atoms with Crippen LogP contribution in [0.5, 0.6) is 5.75 Å². The summed E-state index contributed by atoms with van der Waals surface area (Å²) in [7, 11) is 0. The molecule has 0 unspecified atom stereocenters. The lowest BCUT2D eigenvalue weighted by Crippen LogP contribution is -2.47. The van der Waals surface area contributed by atoms with Crippen molar-refractivity contribution in [2.45, 2.75) is 64.1 Å². The number of carbonyl (C=O) groups excluding carboxylic acids is 3. The van der Waals surface area contributed by atoms with E-state index >= 15 is 0 Å². The number of anilines is 2. The van der Waals surface area contributed by atoms with E-state index in [0.29, 0.717) is 22.8 Å². The first-order valence-electron chi connectivity index (χ1n) is 13.8. The molecule has 2 aliphatic rings. The van der Waals surface area contributed by atoms with Crippen molar-refractivity contribution in [3.8, 4) is 5.75 Å². The molecule has 40 heavy (non-hydrogen) atoms. The van der Waals surface area contributed by atoms with Gasteiger partial charge in [-0.3, -0.25) is 14.4 Å². The Bertz CT molecular complexity index is 1380. The molecule has 3 aromatic carbocycles. The van der Waals surface area contributed by atoms with Crippen molar-refractivity contribution in [3.05, 3.63) is 88.9 Å². The Morgan fingerprint density at radius 2 is 1.57 bits per heavy atom. The highest BCUT2D eigenvalue weighted by Crippen LogP contribution is 2.43. The van der Waals surface area contributed by atoms with Crippen LogP contribution in [0.25, 0.3) is 0 Å². The lowest BCUT2D eigenvalue weighted by Gasteiger charge is -2.43. The lowest BCUT2D eigenvalue weighted by molar-refractivity contribution is -0.123. The average Bonchev–Trinajstić information content (AvgIpc) is 2.94. The summed E-state index contributed by atoms with van der Waals surface area (Å²) >= 11 is 6.10.